The summed E-state index contributed by atoms with van der Waals surface area (Å²) in [6, 6.07) is 17.1. The molecule has 3 aromatic rings. The van der Waals surface area contributed by atoms with E-state index in [-0.39, 0.29) is 18.0 Å². The molecule has 166 valence electrons. The van der Waals surface area contributed by atoms with Crippen LogP contribution in [0.1, 0.15) is 44.6 Å². The lowest BCUT2D eigenvalue weighted by Crippen LogP contribution is -2.20. The number of fused-ring (bicyclic) bond motifs is 1. The van der Waals surface area contributed by atoms with Crippen LogP contribution in [0.3, 0.4) is 0 Å². The van der Waals surface area contributed by atoms with E-state index in [1.54, 1.807) is 6.07 Å². The Morgan fingerprint density at radius 1 is 0.968 bits per heavy atom. The molecule has 0 saturated carbocycles. The van der Waals surface area contributed by atoms with Gasteiger partial charge < -0.3 is 19.5 Å². The largest absolute Gasteiger partial charge is 0.508 e. The van der Waals surface area contributed by atoms with Gasteiger partial charge in [-0.2, -0.15) is 0 Å². The molecule has 7 heteroatoms. The standard InChI is InChI=1S/C24H29INO4P/c1-15(2)29-31(28,30-16(3)4)24(26-21-12-11-19(25)14-17(21)5)23-20-9-7-6-8-18(20)10-13-22(23)27/h6-16,24,26-27H,1-5H3. The van der Waals surface area contributed by atoms with Crippen LogP contribution in [-0.2, 0) is 13.6 Å². The average Bonchev–Trinajstić information content (AvgIpc) is 2.66. The van der Waals surface area contributed by atoms with E-state index in [0.29, 0.717) is 5.56 Å². The minimum Gasteiger partial charge on any atom is -0.508 e. The lowest BCUT2D eigenvalue weighted by molar-refractivity contribution is 0.138. The molecule has 0 radical (unpaired) electrons. The molecule has 0 fully saturated rings. The number of nitrogens with one attached hydrogen (secondary N) is 1. The van der Waals surface area contributed by atoms with Gasteiger partial charge in [0.05, 0.1) is 12.2 Å². The third-order valence-corrected chi connectivity index (χ3v) is 7.86. The number of aromatic hydroxyl groups is 1. The van der Waals surface area contributed by atoms with Crippen molar-refractivity contribution in [1.29, 1.82) is 0 Å². The van der Waals surface area contributed by atoms with E-state index in [9.17, 15) is 9.67 Å². The molecule has 0 bridgehead atoms. The molecule has 0 aliphatic heterocycles. The minimum absolute atomic E-state index is 0.0410. The van der Waals surface area contributed by atoms with Gasteiger partial charge in [0.15, 0.2) is 5.78 Å². The number of phenolic OH excluding ortho intramolecular Hbond substituents is 1. The third-order valence-electron chi connectivity index (χ3n) is 4.73. The number of hydrogen-bond donors (Lipinski definition) is 2. The normalized spacial score (nSPS) is 13.2. The summed E-state index contributed by atoms with van der Waals surface area (Å²) in [6.45, 7) is 9.29. The molecule has 0 aliphatic rings. The number of rotatable bonds is 8. The topological polar surface area (TPSA) is 67.8 Å². The lowest BCUT2D eigenvalue weighted by Gasteiger charge is -2.32. The fraction of sp³-hybridized carbons (Fsp3) is 0.333. The third kappa shape index (κ3) is 5.61. The van der Waals surface area contributed by atoms with Crippen LogP contribution in [-0.4, -0.2) is 17.3 Å². The zero-order valence-electron chi connectivity index (χ0n) is 18.4. The molecule has 0 saturated heterocycles. The van der Waals surface area contributed by atoms with E-state index in [4.69, 9.17) is 9.05 Å². The highest BCUT2D eigenvalue weighted by molar-refractivity contribution is 14.1. The zero-order valence-corrected chi connectivity index (χ0v) is 21.5. The molecule has 0 spiro atoms. The van der Waals surface area contributed by atoms with E-state index in [1.165, 1.54) is 0 Å². The maximum absolute atomic E-state index is 14.3. The summed E-state index contributed by atoms with van der Waals surface area (Å²) in [6.07, 6.45) is -0.660. The molecule has 0 aliphatic carbocycles. The van der Waals surface area contributed by atoms with Crippen LogP contribution in [0.5, 0.6) is 5.75 Å². The van der Waals surface area contributed by atoms with Gasteiger partial charge in [0.2, 0.25) is 0 Å². The van der Waals surface area contributed by atoms with Crippen molar-refractivity contribution in [3.8, 4) is 5.75 Å². The maximum Gasteiger partial charge on any atom is 0.357 e. The molecule has 0 amide bonds. The van der Waals surface area contributed by atoms with Gasteiger partial charge in [0.25, 0.3) is 0 Å². The summed E-state index contributed by atoms with van der Waals surface area (Å²) in [7, 11) is -3.77. The Balaban J connectivity index is 2.26. The van der Waals surface area contributed by atoms with E-state index in [1.807, 2.05) is 83.1 Å². The summed E-state index contributed by atoms with van der Waals surface area (Å²) in [5.74, 6) is -0.860. The van der Waals surface area contributed by atoms with Gasteiger partial charge in [-0.15, -0.1) is 0 Å². The molecular weight excluding hydrogens is 524 g/mol. The van der Waals surface area contributed by atoms with Crippen molar-refractivity contribution in [2.24, 2.45) is 0 Å². The first kappa shape index (κ1) is 24.1. The van der Waals surface area contributed by atoms with Gasteiger partial charge in [0.1, 0.15) is 5.75 Å². The van der Waals surface area contributed by atoms with Gasteiger partial charge in [-0.1, -0.05) is 30.3 Å². The number of benzene rings is 3. The number of hydrogen-bond acceptors (Lipinski definition) is 5. The number of aryl methyl sites for hydroxylation is 1. The predicted molar refractivity (Wildman–Crippen MR) is 136 cm³/mol. The quantitative estimate of drug-likeness (QED) is 0.222. The van der Waals surface area contributed by atoms with E-state index in [2.05, 4.69) is 27.9 Å². The van der Waals surface area contributed by atoms with Crippen molar-refractivity contribution in [2.75, 3.05) is 5.32 Å². The molecule has 3 rings (SSSR count). The van der Waals surface area contributed by atoms with E-state index in [0.717, 1.165) is 25.6 Å². The van der Waals surface area contributed by atoms with Crippen molar-refractivity contribution < 1.29 is 18.7 Å². The van der Waals surface area contributed by atoms with Gasteiger partial charge >= 0.3 is 7.60 Å². The minimum atomic E-state index is -3.77. The van der Waals surface area contributed by atoms with Crippen molar-refractivity contribution in [2.45, 2.75) is 52.6 Å². The molecule has 3 aromatic carbocycles. The molecule has 5 nitrogen and oxygen atoms in total. The van der Waals surface area contributed by atoms with E-state index < -0.39 is 13.4 Å². The molecule has 1 unspecified atom stereocenters. The average molecular weight is 553 g/mol. The maximum atomic E-state index is 14.3. The lowest BCUT2D eigenvalue weighted by atomic mass is 10.0. The van der Waals surface area contributed by atoms with Crippen LogP contribution in [0.25, 0.3) is 10.8 Å². The molecule has 0 aromatic heterocycles. The van der Waals surface area contributed by atoms with Crippen molar-refractivity contribution >= 4 is 46.6 Å². The highest BCUT2D eigenvalue weighted by Gasteiger charge is 2.42. The van der Waals surface area contributed by atoms with Gasteiger partial charge in [-0.05, 0) is 97.8 Å². The van der Waals surface area contributed by atoms with Crippen molar-refractivity contribution in [1.82, 2.24) is 0 Å². The summed E-state index contributed by atoms with van der Waals surface area (Å²) < 4.78 is 27.3. The van der Waals surface area contributed by atoms with Crippen LogP contribution in [0.4, 0.5) is 5.69 Å². The number of phenols is 1. The summed E-state index contributed by atoms with van der Waals surface area (Å²) >= 11 is 2.26. The molecule has 1 atom stereocenters. The van der Waals surface area contributed by atoms with Crippen LogP contribution < -0.4 is 5.32 Å². The smallest absolute Gasteiger partial charge is 0.357 e. The molecular formula is C24H29INO4P. The second-order valence-corrected chi connectivity index (χ2v) is 11.3. The highest BCUT2D eigenvalue weighted by atomic mass is 127. The Hall–Kier alpha value is -1.60. The molecule has 2 N–H and O–H groups in total. The fourth-order valence-electron chi connectivity index (χ4n) is 3.55. The van der Waals surface area contributed by atoms with Gasteiger partial charge in [0, 0.05) is 14.8 Å². The van der Waals surface area contributed by atoms with Crippen molar-refractivity contribution in [3.05, 3.63) is 69.3 Å². The van der Waals surface area contributed by atoms with Crippen LogP contribution in [0.2, 0.25) is 0 Å². The SMILES string of the molecule is Cc1cc(I)ccc1NC(c1c(O)ccc2ccccc12)P(=O)(OC(C)C)OC(C)C. The summed E-state index contributed by atoms with van der Waals surface area (Å²) in [5, 5.41) is 16.1. The van der Waals surface area contributed by atoms with Crippen LogP contribution in [0.15, 0.2) is 54.6 Å². The Morgan fingerprint density at radius 2 is 1.61 bits per heavy atom. The molecule has 31 heavy (non-hydrogen) atoms. The van der Waals surface area contributed by atoms with E-state index >= 15 is 0 Å². The second-order valence-electron chi connectivity index (χ2n) is 8.07. The summed E-state index contributed by atoms with van der Waals surface area (Å²) in [4.78, 5) is 0. The Morgan fingerprint density at radius 3 is 2.23 bits per heavy atom. The first-order valence-corrected chi connectivity index (χ1v) is 13.0. The monoisotopic (exact) mass is 553 g/mol. The van der Waals surface area contributed by atoms with Gasteiger partial charge in [-0.3, -0.25) is 4.57 Å². The zero-order chi connectivity index (χ0) is 22.8. The second kappa shape index (κ2) is 9.90. The Kier molecular flexibility index (Phi) is 7.68. The first-order valence-electron chi connectivity index (χ1n) is 10.3. The Labute approximate surface area is 197 Å². The number of anilines is 1. The Bertz CT molecular complexity index is 1100. The first-order chi connectivity index (χ1) is 14.6. The predicted octanol–water partition coefficient (Wildman–Crippen LogP) is 7.61. The van der Waals surface area contributed by atoms with Gasteiger partial charge in [-0.25, -0.2) is 0 Å². The van der Waals surface area contributed by atoms with Crippen LogP contribution in [0, 0.1) is 10.5 Å². The van der Waals surface area contributed by atoms with Crippen LogP contribution >= 0.6 is 30.2 Å². The fourth-order valence-corrected chi connectivity index (χ4v) is 6.55. The number of halogens is 1. The van der Waals surface area contributed by atoms with Crippen molar-refractivity contribution in [3.63, 3.8) is 0 Å². The summed E-state index contributed by atoms with van der Waals surface area (Å²) in [5.41, 5.74) is 2.30. The molecule has 0 heterocycles. The highest BCUT2D eigenvalue weighted by Crippen LogP contribution is 2.64.